The van der Waals surface area contributed by atoms with Crippen LogP contribution in [0.3, 0.4) is 0 Å². The molecule has 2 rings (SSSR count). The van der Waals surface area contributed by atoms with Crippen LogP contribution in [0.1, 0.15) is 43.0 Å². The maximum absolute atomic E-state index is 11.5. The number of hydrogen-bond donors (Lipinski definition) is 1. The number of nitrogens with two attached hydrogens (primary N) is 1. The van der Waals surface area contributed by atoms with Crippen LogP contribution in [0.2, 0.25) is 0 Å². The highest BCUT2D eigenvalue weighted by atomic mass is 16.5. The molecule has 2 unspecified atom stereocenters. The van der Waals surface area contributed by atoms with Crippen molar-refractivity contribution in [1.29, 1.82) is 0 Å². The van der Waals surface area contributed by atoms with Gasteiger partial charge in [-0.1, -0.05) is 6.42 Å². The van der Waals surface area contributed by atoms with Gasteiger partial charge >= 0.3 is 5.97 Å². The van der Waals surface area contributed by atoms with E-state index in [1.807, 2.05) is 0 Å². The summed E-state index contributed by atoms with van der Waals surface area (Å²) < 4.78 is 10.7. The second kappa shape index (κ2) is 6.52. The van der Waals surface area contributed by atoms with Gasteiger partial charge in [-0.3, -0.25) is 0 Å². The van der Waals surface area contributed by atoms with Gasteiger partial charge in [0, 0.05) is 18.3 Å². The second-order valence-electron chi connectivity index (χ2n) is 4.71. The van der Waals surface area contributed by atoms with E-state index in [1.165, 1.54) is 6.20 Å². The Morgan fingerprint density at radius 1 is 1.42 bits per heavy atom. The van der Waals surface area contributed by atoms with E-state index in [1.54, 1.807) is 19.1 Å². The molecule has 1 saturated carbocycles. The largest absolute Gasteiger partial charge is 0.473 e. The predicted octanol–water partition coefficient (Wildman–Crippen LogP) is 1.91. The molecule has 5 nitrogen and oxygen atoms in total. The van der Waals surface area contributed by atoms with Crippen molar-refractivity contribution in [3.8, 4) is 5.88 Å². The molecule has 5 heteroatoms. The van der Waals surface area contributed by atoms with Gasteiger partial charge in [-0.15, -0.1) is 0 Å². The molecule has 0 saturated heterocycles. The van der Waals surface area contributed by atoms with E-state index < -0.39 is 0 Å². The Kier molecular flexibility index (Phi) is 4.74. The Balaban J connectivity index is 1.96. The molecule has 0 bridgehead atoms. The summed E-state index contributed by atoms with van der Waals surface area (Å²) in [6.45, 7) is 2.13. The molecule has 0 radical (unpaired) electrons. The van der Waals surface area contributed by atoms with Crippen molar-refractivity contribution in [2.24, 2.45) is 5.73 Å². The third kappa shape index (κ3) is 3.67. The summed E-state index contributed by atoms with van der Waals surface area (Å²) in [5.41, 5.74) is 6.45. The van der Waals surface area contributed by atoms with Crippen LogP contribution in [0, 0.1) is 0 Å². The molecule has 1 fully saturated rings. The average Bonchev–Trinajstić information content (AvgIpc) is 2.42. The Morgan fingerprint density at radius 3 is 2.84 bits per heavy atom. The van der Waals surface area contributed by atoms with Crippen LogP contribution in [-0.2, 0) is 4.74 Å². The van der Waals surface area contributed by atoms with E-state index in [2.05, 4.69) is 4.98 Å². The van der Waals surface area contributed by atoms with Crippen molar-refractivity contribution in [3.63, 3.8) is 0 Å². The van der Waals surface area contributed by atoms with Crippen molar-refractivity contribution in [3.05, 3.63) is 23.9 Å². The molecular formula is C14H20N2O3. The number of rotatable bonds is 4. The summed E-state index contributed by atoms with van der Waals surface area (Å²) in [5, 5.41) is 0. The SMILES string of the molecule is CCOC(=O)c1ccc(OC2CCCCC2N)nc1. The van der Waals surface area contributed by atoms with Gasteiger partial charge in [0.25, 0.3) is 0 Å². The lowest BCUT2D eigenvalue weighted by Gasteiger charge is -2.28. The van der Waals surface area contributed by atoms with Gasteiger partial charge in [0.15, 0.2) is 0 Å². The number of nitrogens with zero attached hydrogens (tertiary/aromatic N) is 1. The van der Waals surface area contributed by atoms with Gasteiger partial charge in [0.2, 0.25) is 5.88 Å². The Morgan fingerprint density at radius 2 is 2.21 bits per heavy atom. The Hall–Kier alpha value is -1.62. The third-order valence-electron chi connectivity index (χ3n) is 3.27. The van der Waals surface area contributed by atoms with Crippen molar-refractivity contribution in [1.82, 2.24) is 4.98 Å². The van der Waals surface area contributed by atoms with Gasteiger partial charge in [0.1, 0.15) is 6.10 Å². The van der Waals surface area contributed by atoms with Crippen molar-refractivity contribution in [2.75, 3.05) is 6.61 Å². The number of esters is 1. The zero-order chi connectivity index (χ0) is 13.7. The highest BCUT2D eigenvalue weighted by molar-refractivity contribution is 5.89. The first-order valence-electron chi connectivity index (χ1n) is 6.76. The molecule has 19 heavy (non-hydrogen) atoms. The number of carbonyl (C=O) groups excluding carboxylic acids is 1. The molecule has 2 atom stereocenters. The maximum Gasteiger partial charge on any atom is 0.339 e. The lowest BCUT2D eigenvalue weighted by atomic mass is 9.93. The first-order chi connectivity index (χ1) is 9.20. The molecular weight excluding hydrogens is 244 g/mol. The van der Waals surface area contributed by atoms with Crippen molar-refractivity contribution in [2.45, 2.75) is 44.8 Å². The van der Waals surface area contributed by atoms with E-state index >= 15 is 0 Å². The lowest BCUT2D eigenvalue weighted by Crippen LogP contribution is -2.41. The minimum Gasteiger partial charge on any atom is -0.473 e. The number of aromatic nitrogens is 1. The number of hydrogen-bond acceptors (Lipinski definition) is 5. The van der Waals surface area contributed by atoms with Gasteiger partial charge in [-0.25, -0.2) is 9.78 Å². The van der Waals surface area contributed by atoms with Crippen LogP contribution >= 0.6 is 0 Å². The van der Waals surface area contributed by atoms with Crippen LogP contribution in [0.4, 0.5) is 0 Å². The van der Waals surface area contributed by atoms with Gasteiger partial charge in [-0.05, 0) is 32.3 Å². The zero-order valence-corrected chi connectivity index (χ0v) is 11.2. The molecule has 1 aliphatic rings. The minimum atomic E-state index is -0.365. The summed E-state index contributed by atoms with van der Waals surface area (Å²) in [5.74, 6) is 0.145. The highest BCUT2D eigenvalue weighted by Gasteiger charge is 2.23. The third-order valence-corrected chi connectivity index (χ3v) is 3.27. The van der Waals surface area contributed by atoms with E-state index in [-0.39, 0.29) is 18.1 Å². The van der Waals surface area contributed by atoms with E-state index in [4.69, 9.17) is 15.2 Å². The van der Waals surface area contributed by atoms with E-state index in [0.717, 1.165) is 25.7 Å². The average molecular weight is 264 g/mol. The van der Waals surface area contributed by atoms with Gasteiger partial charge in [-0.2, -0.15) is 0 Å². The molecule has 0 aliphatic heterocycles. The molecule has 2 N–H and O–H groups in total. The van der Waals surface area contributed by atoms with Gasteiger partial charge < -0.3 is 15.2 Å². The standard InChI is InChI=1S/C14H20N2O3/c1-2-18-14(17)10-7-8-13(16-9-10)19-12-6-4-3-5-11(12)15/h7-9,11-12H,2-6,15H2,1H3. The fraction of sp³-hybridized carbons (Fsp3) is 0.571. The summed E-state index contributed by atoms with van der Waals surface area (Å²) >= 11 is 0. The van der Waals surface area contributed by atoms with Crippen molar-refractivity contribution >= 4 is 5.97 Å². The van der Waals surface area contributed by atoms with E-state index in [0.29, 0.717) is 18.1 Å². The molecule has 0 spiro atoms. The lowest BCUT2D eigenvalue weighted by molar-refractivity contribution is 0.0525. The summed E-state index contributed by atoms with van der Waals surface area (Å²) in [7, 11) is 0. The van der Waals surface area contributed by atoms with E-state index in [9.17, 15) is 4.79 Å². The summed E-state index contributed by atoms with van der Waals surface area (Å²) in [6.07, 6.45) is 5.75. The summed E-state index contributed by atoms with van der Waals surface area (Å²) in [4.78, 5) is 15.6. The highest BCUT2D eigenvalue weighted by Crippen LogP contribution is 2.21. The van der Waals surface area contributed by atoms with Gasteiger partial charge in [0.05, 0.1) is 12.2 Å². The minimum absolute atomic E-state index is 0.0229. The Labute approximate surface area is 113 Å². The van der Waals surface area contributed by atoms with Crippen molar-refractivity contribution < 1.29 is 14.3 Å². The van der Waals surface area contributed by atoms with Crippen LogP contribution in [0.25, 0.3) is 0 Å². The molecule has 1 heterocycles. The predicted molar refractivity (Wildman–Crippen MR) is 71.1 cm³/mol. The fourth-order valence-electron chi connectivity index (χ4n) is 2.21. The van der Waals surface area contributed by atoms with Crippen LogP contribution in [0.15, 0.2) is 18.3 Å². The normalized spacial score (nSPS) is 22.8. The first kappa shape index (κ1) is 13.8. The molecule has 1 aromatic heterocycles. The zero-order valence-electron chi connectivity index (χ0n) is 11.2. The number of carbonyl (C=O) groups is 1. The number of pyridine rings is 1. The smallest absolute Gasteiger partial charge is 0.339 e. The number of ether oxygens (including phenoxy) is 2. The second-order valence-corrected chi connectivity index (χ2v) is 4.71. The maximum atomic E-state index is 11.5. The van der Waals surface area contributed by atoms with Crippen LogP contribution in [-0.4, -0.2) is 29.7 Å². The summed E-state index contributed by atoms with van der Waals surface area (Å²) in [6, 6.07) is 3.42. The monoisotopic (exact) mass is 264 g/mol. The van der Waals surface area contributed by atoms with Crippen LogP contribution < -0.4 is 10.5 Å². The topological polar surface area (TPSA) is 74.4 Å². The molecule has 1 aliphatic carbocycles. The Bertz CT molecular complexity index is 419. The molecule has 0 amide bonds. The quantitative estimate of drug-likeness (QED) is 0.841. The fourth-order valence-corrected chi connectivity index (χ4v) is 2.21. The molecule has 0 aromatic carbocycles. The van der Waals surface area contributed by atoms with Crippen LogP contribution in [0.5, 0.6) is 5.88 Å². The first-order valence-corrected chi connectivity index (χ1v) is 6.76. The molecule has 104 valence electrons. The molecule has 1 aromatic rings.